The van der Waals surface area contributed by atoms with Crippen LogP contribution in [0.5, 0.6) is 5.75 Å². The largest absolute Gasteiger partial charge is 0.481 e. The van der Waals surface area contributed by atoms with Gasteiger partial charge in [-0.25, -0.2) is 4.79 Å². The maximum absolute atomic E-state index is 10.6. The number of hydrogen-bond donors (Lipinski definition) is 1. The summed E-state index contributed by atoms with van der Waals surface area (Å²) < 4.78 is 4.86. The number of carboxylic acid groups (broad SMARTS) is 1. The standard InChI is InChI=1S/C9H7ClO4/c10-7-2-1-3-8(6(7)4-11)14-5-9(12)13/h1-4H,5H2,(H,12,13). The van der Waals surface area contributed by atoms with Crippen molar-refractivity contribution in [1.82, 2.24) is 0 Å². The van der Waals surface area contributed by atoms with Gasteiger partial charge in [0.25, 0.3) is 0 Å². The van der Waals surface area contributed by atoms with Crippen LogP contribution in [0.15, 0.2) is 18.2 Å². The Labute approximate surface area is 85.1 Å². The second-order valence-electron chi connectivity index (χ2n) is 2.45. The fourth-order valence-corrected chi connectivity index (χ4v) is 1.11. The Balaban J connectivity index is 2.90. The number of benzene rings is 1. The van der Waals surface area contributed by atoms with E-state index in [-0.39, 0.29) is 16.3 Å². The number of rotatable bonds is 4. The highest BCUT2D eigenvalue weighted by Gasteiger charge is 2.08. The molecular weight excluding hydrogens is 208 g/mol. The van der Waals surface area contributed by atoms with Gasteiger partial charge in [-0.05, 0) is 12.1 Å². The topological polar surface area (TPSA) is 63.6 Å². The van der Waals surface area contributed by atoms with Crippen LogP contribution in [0.25, 0.3) is 0 Å². The highest BCUT2D eigenvalue weighted by Crippen LogP contribution is 2.24. The third-order valence-corrected chi connectivity index (χ3v) is 1.81. The quantitative estimate of drug-likeness (QED) is 0.774. The third-order valence-electron chi connectivity index (χ3n) is 1.48. The lowest BCUT2D eigenvalue weighted by Crippen LogP contribution is -2.10. The predicted octanol–water partition coefficient (Wildman–Crippen LogP) is 1.62. The average Bonchev–Trinajstić information content (AvgIpc) is 2.14. The number of ether oxygens (including phenoxy) is 1. The predicted molar refractivity (Wildman–Crippen MR) is 50.0 cm³/mol. The molecule has 1 aromatic rings. The molecule has 0 saturated heterocycles. The molecule has 0 aliphatic rings. The van der Waals surface area contributed by atoms with Crippen molar-refractivity contribution in [2.75, 3.05) is 6.61 Å². The average molecular weight is 215 g/mol. The molecular formula is C9H7ClO4. The van der Waals surface area contributed by atoms with Gasteiger partial charge in [-0.3, -0.25) is 4.79 Å². The normalized spacial score (nSPS) is 9.50. The first-order chi connectivity index (χ1) is 6.65. The van der Waals surface area contributed by atoms with E-state index in [2.05, 4.69) is 0 Å². The smallest absolute Gasteiger partial charge is 0.341 e. The van der Waals surface area contributed by atoms with Gasteiger partial charge in [0.2, 0.25) is 0 Å². The molecule has 0 spiro atoms. The molecule has 0 aliphatic carbocycles. The Bertz CT molecular complexity index is 362. The van der Waals surface area contributed by atoms with Crippen molar-refractivity contribution >= 4 is 23.9 Å². The summed E-state index contributed by atoms with van der Waals surface area (Å²) in [7, 11) is 0. The molecule has 0 fully saturated rings. The van der Waals surface area contributed by atoms with E-state index in [1.807, 2.05) is 0 Å². The number of hydrogen-bond acceptors (Lipinski definition) is 3. The number of aliphatic carboxylic acids is 1. The Hall–Kier alpha value is -1.55. The van der Waals surface area contributed by atoms with E-state index in [1.165, 1.54) is 12.1 Å². The maximum Gasteiger partial charge on any atom is 0.341 e. The van der Waals surface area contributed by atoms with Crippen molar-refractivity contribution in [2.45, 2.75) is 0 Å². The molecule has 0 aliphatic heterocycles. The molecule has 0 heterocycles. The van der Waals surface area contributed by atoms with Crippen molar-refractivity contribution in [3.8, 4) is 5.75 Å². The Morgan fingerprint density at radius 1 is 1.57 bits per heavy atom. The van der Waals surface area contributed by atoms with E-state index in [0.29, 0.717) is 6.29 Å². The minimum absolute atomic E-state index is 0.162. The van der Waals surface area contributed by atoms with Crippen LogP contribution in [0.1, 0.15) is 10.4 Å². The van der Waals surface area contributed by atoms with Crippen LogP contribution in [0, 0.1) is 0 Å². The first-order valence-corrected chi connectivity index (χ1v) is 4.11. The summed E-state index contributed by atoms with van der Waals surface area (Å²) in [5, 5.41) is 8.60. The Kier molecular flexibility index (Phi) is 3.48. The zero-order valence-corrected chi connectivity index (χ0v) is 7.82. The van der Waals surface area contributed by atoms with Gasteiger partial charge in [0.05, 0.1) is 10.6 Å². The van der Waals surface area contributed by atoms with Gasteiger partial charge in [0, 0.05) is 0 Å². The summed E-state index contributed by atoms with van der Waals surface area (Å²) in [4.78, 5) is 20.8. The summed E-state index contributed by atoms with van der Waals surface area (Å²) in [5.41, 5.74) is 0.162. The molecule has 4 nitrogen and oxygen atoms in total. The summed E-state index contributed by atoms with van der Waals surface area (Å²) >= 11 is 5.69. The molecule has 1 rings (SSSR count). The molecule has 0 aromatic heterocycles. The third kappa shape index (κ3) is 2.47. The molecule has 14 heavy (non-hydrogen) atoms. The number of carboxylic acids is 1. The lowest BCUT2D eigenvalue weighted by molar-refractivity contribution is -0.139. The van der Waals surface area contributed by atoms with E-state index >= 15 is 0 Å². The lowest BCUT2D eigenvalue weighted by Gasteiger charge is -2.06. The molecule has 74 valence electrons. The molecule has 5 heteroatoms. The molecule has 0 unspecified atom stereocenters. The second kappa shape index (κ2) is 4.62. The van der Waals surface area contributed by atoms with Gasteiger partial charge in [0.15, 0.2) is 12.9 Å². The number of aldehydes is 1. The summed E-state index contributed by atoms with van der Waals surface area (Å²) in [6, 6.07) is 4.59. The molecule has 0 saturated carbocycles. The van der Waals surface area contributed by atoms with Crippen molar-refractivity contribution in [2.24, 2.45) is 0 Å². The first-order valence-electron chi connectivity index (χ1n) is 3.73. The lowest BCUT2D eigenvalue weighted by atomic mass is 10.2. The van der Waals surface area contributed by atoms with Gasteiger partial charge in [-0.15, -0.1) is 0 Å². The molecule has 0 amide bonds. The first kappa shape index (κ1) is 10.5. The van der Waals surface area contributed by atoms with Gasteiger partial charge < -0.3 is 9.84 Å². The van der Waals surface area contributed by atoms with Crippen LogP contribution in [0.3, 0.4) is 0 Å². The van der Waals surface area contributed by atoms with Crippen LogP contribution in [-0.2, 0) is 4.79 Å². The van der Waals surface area contributed by atoms with Crippen LogP contribution in [-0.4, -0.2) is 24.0 Å². The summed E-state index contributed by atoms with van der Waals surface area (Å²) in [6.45, 7) is -0.499. The fourth-order valence-electron chi connectivity index (χ4n) is 0.897. The minimum Gasteiger partial charge on any atom is -0.481 e. The molecule has 0 radical (unpaired) electrons. The zero-order chi connectivity index (χ0) is 10.6. The van der Waals surface area contributed by atoms with E-state index < -0.39 is 12.6 Å². The number of halogens is 1. The monoisotopic (exact) mass is 214 g/mol. The number of carbonyl (C=O) groups is 2. The van der Waals surface area contributed by atoms with Crippen molar-refractivity contribution in [3.05, 3.63) is 28.8 Å². The fraction of sp³-hybridized carbons (Fsp3) is 0.111. The summed E-state index contributed by atoms with van der Waals surface area (Å²) in [5.74, 6) is -0.934. The van der Waals surface area contributed by atoms with Gasteiger partial charge in [-0.1, -0.05) is 17.7 Å². The van der Waals surface area contributed by atoms with Gasteiger partial charge in [-0.2, -0.15) is 0 Å². The van der Waals surface area contributed by atoms with Crippen LogP contribution < -0.4 is 4.74 Å². The SMILES string of the molecule is O=Cc1c(Cl)cccc1OCC(=O)O. The second-order valence-corrected chi connectivity index (χ2v) is 2.86. The molecule has 0 atom stereocenters. The molecule has 1 aromatic carbocycles. The maximum atomic E-state index is 10.6. The van der Waals surface area contributed by atoms with Crippen LogP contribution in [0.2, 0.25) is 5.02 Å². The van der Waals surface area contributed by atoms with Crippen LogP contribution >= 0.6 is 11.6 Å². The van der Waals surface area contributed by atoms with Gasteiger partial charge in [0.1, 0.15) is 5.75 Å². The Morgan fingerprint density at radius 3 is 2.86 bits per heavy atom. The zero-order valence-electron chi connectivity index (χ0n) is 7.07. The van der Waals surface area contributed by atoms with E-state index in [1.54, 1.807) is 6.07 Å². The van der Waals surface area contributed by atoms with E-state index in [9.17, 15) is 9.59 Å². The van der Waals surface area contributed by atoms with Crippen molar-refractivity contribution in [1.29, 1.82) is 0 Å². The Morgan fingerprint density at radius 2 is 2.29 bits per heavy atom. The highest BCUT2D eigenvalue weighted by atomic mass is 35.5. The van der Waals surface area contributed by atoms with E-state index in [4.69, 9.17) is 21.4 Å². The minimum atomic E-state index is -1.11. The van der Waals surface area contributed by atoms with Crippen molar-refractivity contribution < 1.29 is 19.4 Å². The number of carbonyl (C=O) groups excluding carboxylic acids is 1. The highest BCUT2D eigenvalue weighted by molar-refractivity contribution is 6.33. The summed E-state index contributed by atoms with van der Waals surface area (Å²) in [6.07, 6.45) is 0.527. The van der Waals surface area contributed by atoms with Gasteiger partial charge >= 0.3 is 5.97 Å². The van der Waals surface area contributed by atoms with E-state index in [0.717, 1.165) is 0 Å². The van der Waals surface area contributed by atoms with Crippen molar-refractivity contribution in [3.63, 3.8) is 0 Å². The van der Waals surface area contributed by atoms with Crippen LogP contribution in [0.4, 0.5) is 0 Å². The molecule has 0 bridgehead atoms. The molecule has 1 N–H and O–H groups in total.